The standard InChI is InChI=1S/C15H18N2O3S/c18-14-4-6-21-13-2-1-11(7-12(13)17-14)15(19)16-8-10-3-5-20-9-10/h1-2,7,10H,3-6,8-9H2,(H,16,19)(H,17,18)/t10-/m0/s1. The number of hydrogen-bond donors (Lipinski definition) is 2. The van der Waals surface area contributed by atoms with Crippen LogP contribution >= 0.6 is 11.8 Å². The number of rotatable bonds is 3. The number of ether oxygens (including phenoxy) is 1. The Morgan fingerprint density at radius 2 is 2.38 bits per heavy atom. The third kappa shape index (κ3) is 3.57. The summed E-state index contributed by atoms with van der Waals surface area (Å²) in [6.07, 6.45) is 1.50. The highest BCUT2D eigenvalue weighted by Gasteiger charge is 2.18. The van der Waals surface area contributed by atoms with Crippen LogP contribution in [-0.4, -0.2) is 37.3 Å². The smallest absolute Gasteiger partial charge is 0.251 e. The van der Waals surface area contributed by atoms with E-state index < -0.39 is 0 Å². The summed E-state index contributed by atoms with van der Waals surface area (Å²) in [7, 11) is 0. The van der Waals surface area contributed by atoms with Gasteiger partial charge in [0.2, 0.25) is 5.91 Å². The topological polar surface area (TPSA) is 67.4 Å². The van der Waals surface area contributed by atoms with Crippen LogP contribution in [0, 0.1) is 5.92 Å². The second-order valence-corrected chi connectivity index (χ2v) is 6.43. The van der Waals surface area contributed by atoms with Gasteiger partial charge in [0.25, 0.3) is 5.91 Å². The van der Waals surface area contributed by atoms with E-state index >= 15 is 0 Å². The lowest BCUT2D eigenvalue weighted by atomic mass is 10.1. The predicted molar refractivity (Wildman–Crippen MR) is 81.7 cm³/mol. The second kappa shape index (κ2) is 6.49. The number of amides is 2. The van der Waals surface area contributed by atoms with Crippen molar-refractivity contribution in [2.24, 2.45) is 5.92 Å². The summed E-state index contributed by atoms with van der Waals surface area (Å²) < 4.78 is 5.29. The molecule has 0 saturated carbocycles. The van der Waals surface area contributed by atoms with Crippen LogP contribution in [0.15, 0.2) is 23.1 Å². The first-order valence-corrected chi connectivity index (χ1v) is 8.13. The number of thioether (sulfide) groups is 1. The summed E-state index contributed by atoms with van der Waals surface area (Å²) >= 11 is 1.64. The zero-order valence-electron chi connectivity index (χ0n) is 11.7. The Labute approximate surface area is 127 Å². The van der Waals surface area contributed by atoms with Crippen LogP contribution in [0.2, 0.25) is 0 Å². The van der Waals surface area contributed by atoms with Crippen LogP contribution in [0.1, 0.15) is 23.2 Å². The summed E-state index contributed by atoms with van der Waals surface area (Å²) in [5.74, 6) is 1.08. The SMILES string of the molecule is O=C1CCSc2ccc(C(=O)NC[C@@H]3CCOC3)cc2N1. The van der Waals surface area contributed by atoms with Crippen molar-refractivity contribution >= 4 is 29.3 Å². The number of carbonyl (C=O) groups excluding carboxylic acids is 2. The lowest BCUT2D eigenvalue weighted by molar-refractivity contribution is -0.115. The maximum atomic E-state index is 12.2. The first kappa shape index (κ1) is 14.4. The van der Waals surface area contributed by atoms with Crippen molar-refractivity contribution in [3.63, 3.8) is 0 Å². The fourth-order valence-electron chi connectivity index (χ4n) is 2.44. The highest BCUT2D eigenvalue weighted by molar-refractivity contribution is 7.99. The monoisotopic (exact) mass is 306 g/mol. The fourth-order valence-corrected chi connectivity index (χ4v) is 3.38. The second-order valence-electron chi connectivity index (χ2n) is 5.30. The third-order valence-corrected chi connectivity index (χ3v) is 4.75. The molecule has 21 heavy (non-hydrogen) atoms. The highest BCUT2D eigenvalue weighted by Crippen LogP contribution is 2.31. The van der Waals surface area contributed by atoms with Crippen LogP contribution in [0.4, 0.5) is 5.69 Å². The summed E-state index contributed by atoms with van der Waals surface area (Å²) in [6.45, 7) is 2.14. The molecule has 2 amide bonds. The van der Waals surface area contributed by atoms with Gasteiger partial charge in [-0.1, -0.05) is 0 Å². The lowest BCUT2D eigenvalue weighted by Gasteiger charge is -2.11. The molecule has 1 fully saturated rings. The molecule has 0 aliphatic carbocycles. The lowest BCUT2D eigenvalue weighted by Crippen LogP contribution is -2.29. The molecule has 1 aromatic carbocycles. The van der Waals surface area contributed by atoms with Crippen molar-refractivity contribution < 1.29 is 14.3 Å². The van der Waals surface area contributed by atoms with Gasteiger partial charge >= 0.3 is 0 Å². The Hall–Kier alpha value is -1.53. The molecule has 2 heterocycles. The summed E-state index contributed by atoms with van der Waals surface area (Å²) in [5, 5.41) is 5.79. The van der Waals surface area contributed by atoms with Gasteiger partial charge in [0.15, 0.2) is 0 Å². The number of fused-ring (bicyclic) bond motifs is 1. The van der Waals surface area contributed by atoms with Gasteiger partial charge in [-0.15, -0.1) is 11.8 Å². The molecule has 112 valence electrons. The van der Waals surface area contributed by atoms with E-state index in [1.165, 1.54) is 0 Å². The predicted octanol–water partition coefficient (Wildman–Crippen LogP) is 1.89. The molecule has 2 N–H and O–H groups in total. The van der Waals surface area contributed by atoms with Crippen molar-refractivity contribution in [2.75, 3.05) is 30.8 Å². The largest absolute Gasteiger partial charge is 0.381 e. The molecule has 0 spiro atoms. The van der Waals surface area contributed by atoms with Gasteiger partial charge in [0.1, 0.15) is 0 Å². The molecule has 0 aromatic heterocycles. The molecule has 6 heteroatoms. The Kier molecular flexibility index (Phi) is 4.45. The van der Waals surface area contributed by atoms with Crippen molar-refractivity contribution in [3.05, 3.63) is 23.8 Å². The third-order valence-electron chi connectivity index (χ3n) is 3.68. The van der Waals surface area contributed by atoms with Crippen molar-refractivity contribution in [1.29, 1.82) is 0 Å². The van der Waals surface area contributed by atoms with E-state index in [9.17, 15) is 9.59 Å². The quantitative estimate of drug-likeness (QED) is 0.895. The molecule has 1 saturated heterocycles. The molecule has 2 aliphatic rings. The summed E-state index contributed by atoms with van der Waals surface area (Å²) in [5.41, 5.74) is 1.31. The number of nitrogens with one attached hydrogen (secondary N) is 2. The van der Waals surface area contributed by atoms with Crippen molar-refractivity contribution in [1.82, 2.24) is 5.32 Å². The average Bonchev–Trinajstić information content (AvgIpc) is 2.92. The molecular weight excluding hydrogens is 288 g/mol. The van der Waals surface area contributed by atoms with E-state index in [4.69, 9.17) is 4.74 Å². The normalized spacial score (nSPS) is 21.3. The first-order valence-electron chi connectivity index (χ1n) is 7.15. The maximum Gasteiger partial charge on any atom is 0.251 e. The van der Waals surface area contributed by atoms with E-state index in [-0.39, 0.29) is 11.8 Å². The maximum absolute atomic E-state index is 12.2. The minimum absolute atomic E-state index is 0.00177. The highest BCUT2D eigenvalue weighted by atomic mass is 32.2. The number of benzene rings is 1. The Bertz CT molecular complexity index is 556. The number of anilines is 1. The van der Waals surface area contributed by atoms with Gasteiger partial charge in [-0.3, -0.25) is 9.59 Å². The van der Waals surface area contributed by atoms with Gasteiger partial charge < -0.3 is 15.4 Å². The van der Waals surface area contributed by atoms with Crippen LogP contribution < -0.4 is 10.6 Å². The number of hydrogen-bond acceptors (Lipinski definition) is 4. The van der Waals surface area contributed by atoms with Crippen LogP contribution in [0.25, 0.3) is 0 Å². The minimum Gasteiger partial charge on any atom is -0.381 e. The van der Waals surface area contributed by atoms with Gasteiger partial charge in [0.05, 0.1) is 12.3 Å². The zero-order valence-corrected chi connectivity index (χ0v) is 12.5. The molecular formula is C15H18N2O3S. The van der Waals surface area contributed by atoms with Crippen LogP contribution in [0.3, 0.4) is 0 Å². The number of carbonyl (C=O) groups is 2. The van der Waals surface area contributed by atoms with Crippen molar-refractivity contribution in [3.8, 4) is 0 Å². The van der Waals surface area contributed by atoms with E-state index in [1.54, 1.807) is 17.8 Å². The molecule has 0 unspecified atom stereocenters. The molecule has 2 aliphatic heterocycles. The minimum atomic E-state index is -0.104. The first-order chi connectivity index (χ1) is 10.2. The van der Waals surface area contributed by atoms with E-state index in [1.807, 2.05) is 12.1 Å². The van der Waals surface area contributed by atoms with E-state index in [2.05, 4.69) is 10.6 Å². The van der Waals surface area contributed by atoms with E-state index in [0.717, 1.165) is 36.0 Å². The summed E-state index contributed by atoms with van der Waals surface area (Å²) in [4.78, 5) is 24.8. The summed E-state index contributed by atoms with van der Waals surface area (Å²) in [6, 6.07) is 5.47. The molecule has 0 radical (unpaired) electrons. The van der Waals surface area contributed by atoms with E-state index in [0.29, 0.717) is 24.4 Å². The van der Waals surface area contributed by atoms with Gasteiger partial charge in [-0.2, -0.15) is 0 Å². The van der Waals surface area contributed by atoms with Gasteiger partial charge in [-0.05, 0) is 24.6 Å². The molecule has 5 nitrogen and oxygen atoms in total. The Balaban J connectivity index is 1.67. The molecule has 1 atom stereocenters. The Morgan fingerprint density at radius 1 is 1.48 bits per heavy atom. The van der Waals surface area contributed by atoms with Crippen LogP contribution in [0.5, 0.6) is 0 Å². The van der Waals surface area contributed by atoms with Gasteiger partial charge in [0, 0.05) is 41.7 Å². The molecule has 1 aromatic rings. The Morgan fingerprint density at radius 3 is 3.19 bits per heavy atom. The average molecular weight is 306 g/mol. The molecule has 0 bridgehead atoms. The zero-order chi connectivity index (χ0) is 14.7. The van der Waals surface area contributed by atoms with Crippen LogP contribution in [-0.2, 0) is 9.53 Å². The fraction of sp³-hybridized carbons (Fsp3) is 0.467. The molecule has 3 rings (SSSR count). The van der Waals surface area contributed by atoms with Crippen molar-refractivity contribution in [2.45, 2.75) is 17.7 Å². The van der Waals surface area contributed by atoms with Gasteiger partial charge in [-0.25, -0.2) is 0 Å².